The molecule has 0 fully saturated rings. The number of hydrogen-bond acceptors (Lipinski definition) is 6. The van der Waals surface area contributed by atoms with E-state index in [1.807, 2.05) is 40.2 Å². The Balaban J connectivity index is 1.80. The van der Waals surface area contributed by atoms with Gasteiger partial charge in [0.25, 0.3) is 5.56 Å². The summed E-state index contributed by atoms with van der Waals surface area (Å²) in [5.41, 5.74) is 1.44. The Morgan fingerprint density at radius 3 is 2.66 bits per heavy atom. The maximum Gasteiger partial charge on any atom is 0.343 e. The van der Waals surface area contributed by atoms with Crippen molar-refractivity contribution < 1.29 is 19.7 Å². The standard InChI is InChI=1S/C24H25N3O5/c1-6-24(31)16-10-18-20-13(12(2)26(18)22(29)15(16)11-32-23(24)30)9-14-17(25-20)7-8-19(21(14)28)27(3,4)5/h7-10,12,31H,6,11H2,1-5H3. The highest BCUT2D eigenvalue weighted by molar-refractivity contribution is 5.93. The average molecular weight is 435 g/mol. The van der Waals surface area contributed by atoms with Gasteiger partial charge in [0.2, 0.25) is 0 Å². The van der Waals surface area contributed by atoms with Crippen LogP contribution in [0.15, 0.2) is 29.1 Å². The van der Waals surface area contributed by atoms with Crippen LogP contribution in [0.1, 0.15) is 43.0 Å². The molecule has 0 aliphatic carbocycles. The lowest BCUT2D eigenvalue weighted by atomic mass is 9.86. The van der Waals surface area contributed by atoms with Gasteiger partial charge in [-0.25, -0.2) is 9.78 Å². The van der Waals surface area contributed by atoms with Gasteiger partial charge in [0.05, 0.1) is 49.7 Å². The van der Waals surface area contributed by atoms with Gasteiger partial charge in [0.1, 0.15) is 12.3 Å². The molecule has 2 aliphatic heterocycles. The number of quaternary nitrogens is 1. The summed E-state index contributed by atoms with van der Waals surface area (Å²) < 4.78 is 7.12. The molecule has 0 bridgehead atoms. The van der Waals surface area contributed by atoms with E-state index in [4.69, 9.17) is 9.72 Å². The SMILES string of the molecule is CCC1(O)C(=O)OCc2c1cc1n(c2=O)C(C)c2cc3c([O-])c([N+](C)(C)C)ccc3nc2-1. The number of benzene rings is 1. The third kappa shape index (κ3) is 2.53. The summed E-state index contributed by atoms with van der Waals surface area (Å²) in [4.78, 5) is 30.5. The van der Waals surface area contributed by atoms with Crippen LogP contribution in [-0.4, -0.2) is 41.8 Å². The topological polar surface area (TPSA) is 104 Å². The molecular weight excluding hydrogens is 410 g/mol. The molecule has 2 unspecified atom stereocenters. The predicted molar refractivity (Wildman–Crippen MR) is 118 cm³/mol. The molecule has 4 heterocycles. The van der Waals surface area contributed by atoms with Gasteiger partial charge < -0.3 is 14.9 Å². The Labute approximate surface area is 184 Å². The van der Waals surface area contributed by atoms with Gasteiger partial charge in [0, 0.05) is 17.2 Å². The zero-order valence-electron chi connectivity index (χ0n) is 18.7. The number of esters is 1. The highest BCUT2D eigenvalue weighted by Gasteiger charge is 2.46. The summed E-state index contributed by atoms with van der Waals surface area (Å²) in [6.45, 7) is 3.38. The maximum absolute atomic E-state index is 13.4. The van der Waals surface area contributed by atoms with Gasteiger partial charge in [-0.15, -0.1) is 0 Å². The van der Waals surface area contributed by atoms with Crippen molar-refractivity contribution in [3.05, 3.63) is 51.3 Å². The lowest BCUT2D eigenvalue weighted by Crippen LogP contribution is -2.44. The van der Waals surface area contributed by atoms with E-state index in [9.17, 15) is 19.8 Å². The molecule has 1 N–H and O–H groups in total. The number of pyridine rings is 2. The summed E-state index contributed by atoms with van der Waals surface area (Å²) in [5.74, 6) is -0.835. The van der Waals surface area contributed by atoms with E-state index in [0.717, 1.165) is 5.56 Å². The lowest BCUT2D eigenvalue weighted by molar-refractivity contribution is -0.265. The number of hydrogen-bond donors (Lipinski definition) is 1. The molecule has 2 aliphatic rings. The molecule has 0 saturated carbocycles. The Morgan fingerprint density at radius 1 is 1.28 bits per heavy atom. The number of carbonyl (C=O) groups is 1. The van der Waals surface area contributed by atoms with Crippen molar-refractivity contribution >= 4 is 22.6 Å². The first-order valence-corrected chi connectivity index (χ1v) is 10.6. The summed E-state index contributed by atoms with van der Waals surface area (Å²) in [6, 6.07) is 6.76. The van der Waals surface area contributed by atoms with Crippen LogP contribution in [0.25, 0.3) is 22.3 Å². The second-order valence-corrected chi connectivity index (χ2v) is 9.48. The van der Waals surface area contributed by atoms with Crippen LogP contribution < -0.4 is 15.1 Å². The molecule has 2 atom stereocenters. The molecule has 8 nitrogen and oxygen atoms in total. The second-order valence-electron chi connectivity index (χ2n) is 9.48. The van der Waals surface area contributed by atoms with E-state index in [2.05, 4.69) is 0 Å². The fraction of sp³-hybridized carbons (Fsp3) is 0.375. The number of fused-ring (bicyclic) bond motifs is 5. The first-order chi connectivity index (χ1) is 15.0. The number of ether oxygens (including phenoxy) is 1. The van der Waals surface area contributed by atoms with E-state index in [0.29, 0.717) is 32.5 Å². The fourth-order valence-electron chi connectivity index (χ4n) is 4.86. The van der Waals surface area contributed by atoms with Crippen molar-refractivity contribution in [2.45, 2.75) is 38.5 Å². The molecule has 1 aromatic carbocycles. The molecule has 0 saturated heterocycles. The van der Waals surface area contributed by atoms with Gasteiger partial charge in [-0.2, -0.15) is 0 Å². The smallest absolute Gasteiger partial charge is 0.343 e. The van der Waals surface area contributed by atoms with Crippen LogP contribution in [0.2, 0.25) is 0 Å². The van der Waals surface area contributed by atoms with E-state index in [1.165, 1.54) is 0 Å². The first kappa shape index (κ1) is 20.7. The number of carbonyl (C=O) groups excluding carboxylic acids is 1. The van der Waals surface area contributed by atoms with Crippen molar-refractivity contribution in [2.24, 2.45) is 0 Å². The molecular formula is C24H25N3O5. The number of rotatable bonds is 2. The van der Waals surface area contributed by atoms with E-state index < -0.39 is 11.6 Å². The first-order valence-electron chi connectivity index (χ1n) is 10.6. The highest BCUT2D eigenvalue weighted by Crippen LogP contribution is 2.44. The maximum atomic E-state index is 13.4. The molecule has 0 spiro atoms. The monoisotopic (exact) mass is 435 g/mol. The minimum absolute atomic E-state index is 0.0838. The molecule has 0 radical (unpaired) electrons. The summed E-state index contributed by atoms with van der Waals surface area (Å²) in [5, 5.41) is 24.7. The Bertz CT molecular complexity index is 1390. The summed E-state index contributed by atoms with van der Waals surface area (Å²) >= 11 is 0. The van der Waals surface area contributed by atoms with Crippen LogP contribution in [0.4, 0.5) is 5.69 Å². The summed E-state index contributed by atoms with van der Waals surface area (Å²) in [7, 11) is 5.80. The molecule has 5 rings (SSSR count). The van der Waals surface area contributed by atoms with Crippen LogP contribution in [0.5, 0.6) is 5.75 Å². The van der Waals surface area contributed by atoms with Crippen LogP contribution in [-0.2, 0) is 21.7 Å². The quantitative estimate of drug-likeness (QED) is 0.487. The molecule has 2 aromatic heterocycles. The number of aliphatic hydroxyl groups is 1. The highest BCUT2D eigenvalue weighted by atomic mass is 16.6. The van der Waals surface area contributed by atoms with E-state index in [-0.39, 0.29) is 41.5 Å². The zero-order chi connectivity index (χ0) is 23.2. The minimum atomic E-state index is -1.87. The third-order valence-electron chi connectivity index (χ3n) is 6.75. The molecule has 0 amide bonds. The van der Waals surface area contributed by atoms with Crippen molar-refractivity contribution in [3.63, 3.8) is 0 Å². The zero-order valence-corrected chi connectivity index (χ0v) is 18.7. The second kappa shape index (κ2) is 6.40. The molecule has 166 valence electrons. The van der Waals surface area contributed by atoms with Gasteiger partial charge in [-0.05, 0) is 42.7 Å². The van der Waals surface area contributed by atoms with Gasteiger partial charge >= 0.3 is 5.97 Å². The van der Waals surface area contributed by atoms with Crippen LogP contribution in [0, 0.1) is 0 Å². The predicted octanol–water partition coefficient (Wildman–Crippen LogP) is 1.91. The third-order valence-corrected chi connectivity index (χ3v) is 6.75. The average Bonchev–Trinajstić information content (AvgIpc) is 3.01. The van der Waals surface area contributed by atoms with Crippen molar-refractivity contribution in [2.75, 3.05) is 21.1 Å². The molecule has 8 heteroatoms. The summed E-state index contributed by atoms with van der Waals surface area (Å²) in [6.07, 6.45) is 0.0860. The molecule has 3 aromatic rings. The van der Waals surface area contributed by atoms with Gasteiger partial charge in [-0.1, -0.05) is 6.92 Å². The Kier molecular flexibility index (Phi) is 4.13. The number of aromatic nitrogens is 2. The fourth-order valence-corrected chi connectivity index (χ4v) is 4.86. The Hall–Kier alpha value is -3.23. The van der Waals surface area contributed by atoms with Crippen molar-refractivity contribution in [1.82, 2.24) is 14.0 Å². The van der Waals surface area contributed by atoms with E-state index in [1.54, 1.807) is 23.6 Å². The van der Waals surface area contributed by atoms with Gasteiger partial charge in [0.15, 0.2) is 5.60 Å². The van der Waals surface area contributed by atoms with Crippen LogP contribution >= 0.6 is 0 Å². The van der Waals surface area contributed by atoms with Gasteiger partial charge in [-0.3, -0.25) is 13.8 Å². The van der Waals surface area contributed by atoms with Crippen molar-refractivity contribution in [1.29, 1.82) is 0 Å². The largest absolute Gasteiger partial charge is 0.868 e. The minimum Gasteiger partial charge on any atom is -0.868 e. The lowest BCUT2D eigenvalue weighted by Gasteiger charge is -2.32. The number of cyclic esters (lactones) is 1. The van der Waals surface area contributed by atoms with Crippen molar-refractivity contribution in [3.8, 4) is 17.1 Å². The van der Waals surface area contributed by atoms with Crippen LogP contribution in [0.3, 0.4) is 0 Å². The molecule has 32 heavy (non-hydrogen) atoms. The number of nitrogens with zero attached hydrogens (tertiary/aromatic N) is 3. The van der Waals surface area contributed by atoms with E-state index >= 15 is 0 Å². The normalized spacial score (nSPS) is 21.8. The Morgan fingerprint density at radius 2 is 2.00 bits per heavy atom.